The van der Waals surface area contributed by atoms with E-state index in [2.05, 4.69) is 26.1 Å². The van der Waals surface area contributed by atoms with Crippen LogP contribution in [0.25, 0.3) is 0 Å². The number of carbonyl (C=O) groups excluding carboxylic acids is 2. The summed E-state index contributed by atoms with van der Waals surface area (Å²) in [5, 5.41) is 3.52. The van der Waals surface area contributed by atoms with Gasteiger partial charge in [0.05, 0.1) is 10.6 Å². The smallest absolute Gasteiger partial charge is 0.253 e. The van der Waals surface area contributed by atoms with E-state index in [4.69, 9.17) is 23.2 Å². The lowest BCUT2D eigenvalue weighted by atomic mass is 9.95. The Kier molecular flexibility index (Phi) is 7.11. The Morgan fingerprint density at radius 3 is 2.25 bits per heavy atom. The van der Waals surface area contributed by atoms with E-state index in [1.807, 2.05) is 13.8 Å². The Balaban J connectivity index is 2.93. The first-order chi connectivity index (χ1) is 10.9. The van der Waals surface area contributed by atoms with Crippen LogP contribution in [-0.2, 0) is 4.79 Å². The van der Waals surface area contributed by atoms with Crippen molar-refractivity contribution >= 4 is 35.0 Å². The largest absolute Gasteiger partial charge is 0.343 e. The number of nitrogens with one attached hydrogen (secondary N) is 1. The summed E-state index contributed by atoms with van der Waals surface area (Å²) in [5.41, 5.74) is 0.285. The highest BCUT2D eigenvalue weighted by molar-refractivity contribution is 6.36. The summed E-state index contributed by atoms with van der Waals surface area (Å²) in [4.78, 5) is 26.9. The minimum atomic E-state index is -0.614. The summed E-state index contributed by atoms with van der Waals surface area (Å²) < 4.78 is 0. The fourth-order valence-electron chi connectivity index (χ4n) is 2.43. The van der Waals surface area contributed by atoms with Crippen molar-refractivity contribution in [2.45, 2.75) is 40.7 Å². The predicted octanol–water partition coefficient (Wildman–Crippen LogP) is 4.25. The van der Waals surface area contributed by atoms with Crippen molar-refractivity contribution in [3.63, 3.8) is 0 Å². The molecule has 1 N–H and O–H groups in total. The van der Waals surface area contributed by atoms with Crippen LogP contribution < -0.4 is 5.32 Å². The lowest BCUT2D eigenvalue weighted by molar-refractivity contribution is -0.134. The molecule has 1 aromatic rings. The van der Waals surface area contributed by atoms with Gasteiger partial charge in [0.15, 0.2) is 0 Å². The minimum absolute atomic E-state index is 0.0184. The molecule has 0 spiro atoms. The van der Waals surface area contributed by atoms with E-state index in [0.29, 0.717) is 17.1 Å². The van der Waals surface area contributed by atoms with Crippen molar-refractivity contribution in [2.75, 3.05) is 13.6 Å². The van der Waals surface area contributed by atoms with E-state index in [1.54, 1.807) is 24.1 Å². The zero-order valence-corrected chi connectivity index (χ0v) is 16.6. The molecule has 1 unspecified atom stereocenters. The first-order valence-electron chi connectivity index (χ1n) is 7.93. The fourth-order valence-corrected chi connectivity index (χ4v) is 2.93. The second-order valence-electron chi connectivity index (χ2n) is 7.57. The standard InChI is InChI=1S/C18H26Cl2N2O2/c1-11(2)15(17(24)22(6)10-18(3,4)5)21-16(23)13-8-7-12(19)9-14(13)20/h7-9,11,15H,10H2,1-6H3,(H,21,23). The van der Waals surface area contributed by atoms with Gasteiger partial charge in [-0.25, -0.2) is 0 Å². The Morgan fingerprint density at radius 1 is 1.21 bits per heavy atom. The van der Waals surface area contributed by atoms with Crippen LogP contribution in [-0.4, -0.2) is 36.3 Å². The van der Waals surface area contributed by atoms with Gasteiger partial charge in [-0.1, -0.05) is 57.8 Å². The fraction of sp³-hybridized carbons (Fsp3) is 0.556. The van der Waals surface area contributed by atoms with Crippen molar-refractivity contribution in [3.8, 4) is 0 Å². The van der Waals surface area contributed by atoms with Crippen LogP contribution in [0, 0.1) is 11.3 Å². The molecule has 0 saturated heterocycles. The van der Waals surface area contributed by atoms with Gasteiger partial charge < -0.3 is 10.2 Å². The van der Waals surface area contributed by atoms with Gasteiger partial charge in [-0.3, -0.25) is 9.59 Å². The number of nitrogens with zero attached hydrogens (tertiary/aromatic N) is 1. The molecule has 0 radical (unpaired) electrons. The Labute approximate surface area is 154 Å². The quantitative estimate of drug-likeness (QED) is 0.839. The Morgan fingerprint density at radius 2 is 1.79 bits per heavy atom. The minimum Gasteiger partial charge on any atom is -0.343 e. The molecule has 6 heteroatoms. The first kappa shape index (κ1) is 20.8. The summed E-state index contributed by atoms with van der Waals surface area (Å²) in [5.74, 6) is -0.541. The first-order valence-corrected chi connectivity index (χ1v) is 8.69. The van der Waals surface area contributed by atoms with E-state index in [0.717, 1.165) is 0 Å². The van der Waals surface area contributed by atoms with E-state index in [9.17, 15) is 9.59 Å². The molecule has 2 amide bonds. The lowest BCUT2D eigenvalue weighted by Crippen LogP contribution is -2.51. The third-order valence-corrected chi connectivity index (χ3v) is 4.03. The number of likely N-dealkylation sites (N-methyl/N-ethyl adjacent to an activating group) is 1. The number of amides is 2. The zero-order valence-electron chi connectivity index (χ0n) is 15.1. The lowest BCUT2D eigenvalue weighted by Gasteiger charge is -2.31. The summed E-state index contributed by atoms with van der Waals surface area (Å²) in [7, 11) is 1.75. The maximum absolute atomic E-state index is 12.7. The highest BCUT2D eigenvalue weighted by Gasteiger charge is 2.29. The molecule has 0 heterocycles. The molecule has 4 nitrogen and oxygen atoms in total. The second kappa shape index (κ2) is 8.21. The Bertz CT molecular complexity index is 610. The SMILES string of the molecule is CC(C)C(NC(=O)c1ccc(Cl)cc1Cl)C(=O)N(C)CC(C)(C)C. The van der Waals surface area contributed by atoms with Gasteiger partial charge in [-0.2, -0.15) is 0 Å². The molecule has 0 bridgehead atoms. The molecule has 24 heavy (non-hydrogen) atoms. The van der Waals surface area contributed by atoms with E-state index < -0.39 is 6.04 Å². The zero-order chi connectivity index (χ0) is 18.7. The molecular weight excluding hydrogens is 347 g/mol. The number of benzene rings is 1. The molecule has 134 valence electrons. The maximum Gasteiger partial charge on any atom is 0.253 e. The number of hydrogen-bond acceptors (Lipinski definition) is 2. The van der Waals surface area contributed by atoms with Crippen LogP contribution in [0.4, 0.5) is 0 Å². The topological polar surface area (TPSA) is 49.4 Å². The molecule has 1 rings (SSSR count). The summed E-state index contributed by atoms with van der Waals surface area (Å²) in [6, 6.07) is 4.05. The van der Waals surface area contributed by atoms with Gasteiger partial charge in [0.25, 0.3) is 5.91 Å². The number of carbonyl (C=O) groups is 2. The van der Waals surface area contributed by atoms with Crippen molar-refractivity contribution in [2.24, 2.45) is 11.3 Å². The molecular formula is C18H26Cl2N2O2. The third kappa shape index (κ3) is 5.99. The van der Waals surface area contributed by atoms with Crippen LogP contribution in [0.3, 0.4) is 0 Å². The van der Waals surface area contributed by atoms with Gasteiger partial charge in [0.2, 0.25) is 5.91 Å². The van der Waals surface area contributed by atoms with Crippen LogP contribution in [0.15, 0.2) is 18.2 Å². The molecule has 0 fully saturated rings. The van der Waals surface area contributed by atoms with E-state index >= 15 is 0 Å². The van der Waals surface area contributed by atoms with E-state index in [1.165, 1.54) is 6.07 Å². The van der Waals surface area contributed by atoms with Crippen molar-refractivity contribution in [1.29, 1.82) is 0 Å². The van der Waals surface area contributed by atoms with Gasteiger partial charge >= 0.3 is 0 Å². The van der Waals surface area contributed by atoms with Crippen LogP contribution in [0.2, 0.25) is 10.0 Å². The van der Waals surface area contributed by atoms with Gasteiger partial charge in [0, 0.05) is 18.6 Å². The summed E-state index contributed by atoms with van der Waals surface area (Å²) in [6.45, 7) is 10.6. The van der Waals surface area contributed by atoms with Crippen LogP contribution >= 0.6 is 23.2 Å². The average Bonchev–Trinajstić information content (AvgIpc) is 2.41. The van der Waals surface area contributed by atoms with Gasteiger partial charge in [-0.05, 0) is 29.5 Å². The maximum atomic E-state index is 12.7. The van der Waals surface area contributed by atoms with Gasteiger partial charge in [-0.15, -0.1) is 0 Å². The normalized spacial score (nSPS) is 12.9. The number of hydrogen-bond donors (Lipinski definition) is 1. The molecule has 0 aliphatic carbocycles. The van der Waals surface area contributed by atoms with Crippen LogP contribution in [0.1, 0.15) is 45.0 Å². The number of halogens is 2. The second-order valence-corrected chi connectivity index (χ2v) is 8.42. The van der Waals surface area contributed by atoms with Crippen molar-refractivity contribution in [3.05, 3.63) is 33.8 Å². The van der Waals surface area contributed by atoms with Crippen LogP contribution in [0.5, 0.6) is 0 Å². The van der Waals surface area contributed by atoms with Crippen molar-refractivity contribution in [1.82, 2.24) is 10.2 Å². The highest BCUT2D eigenvalue weighted by atomic mass is 35.5. The van der Waals surface area contributed by atoms with Crippen molar-refractivity contribution < 1.29 is 9.59 Å². The summed E-state index contributed by atoms with van der Waals surface area (Å²) in [6.07, 6.45) is 0. The molecule has 1 aromatic carbocycles. The summed E-state index contributed by atoms with van der Waals surface area (Å²) >= 11 is 11.9. The molecule has 1 atom stereocenters. The average molecular weight is 373 g/mol. The molecule has 0 aromatic heterocycles. The van der Waals surface area contributed by atoms with Gasteiger partial charge in [0.1, 0.15) is 6.04 Å². The molecule has 0 aliphatic heterocycles. The van der Waals surface area contributed by atoms with E-state index in [-0.39, 0.29) is 28.2 Å². The molecule has 0 saturated carbocycles. The number of rotatable bonds is 5. The molecule has 0 aliphatic rings. The Hall–Kier alpha value is -1.26. The monoisotopic (exact) mass is 372 g/mol. The third-order valence-electron chi connectivity index (χ3n) is 3.48. The predicted molar refractivity (Wildman–Crippen MR) is 99.6 cm³/mol. The highest BCUT2D eigenvalue weighted by Crippen LogP contribution is 2.22.